The normalized spacial score (nSPS) is 11.2. The molecule has 0 aliphatic heterocycles. The molecule has 1 rings (SSSR count). The van der Waals surface area contributed by atoms with Crippen molar-refractivity contribution < 1.29 is 27.8 Å². The van der Waals surface area contributed by atoms with E-state index in [-0.39, 0.29) is 11.5 Å². The average molecular weight is 220 g/mol. The maximum Gasteiger partial charge on any atom is 0.455 e. The van der Waals surface area contributed by atoms with Crippen molar-refractivity contribution in [3.63, 3.8) is 0 Å². The number of hydrogen-bond donors (Lipinski definition) is 1. The number of ether oxygens (including phenoxy) is 1. The number of alkyl halides is 3. The molecule has 0 unspecified atom stereocenters. The molecule has 15 heavy (non-hydrogen) atoms. The van der Waals surface area contributed by atoms with E-state index in [0.29, 0.717) is 0 Å². The third-order valence-corrected chi connectivity index (χ3v) is 1.69. The van der Waals surface area contributed by atoms with Gasteiger partial charge in [0, 0.05) is 6.07 Å². The minimum Gasteiger partial charge on any atom is -0.508 e. The van der Waals surface area contributed by atoms with Crippen LogP contribution >= 0.6 is 0 Å². The zero-order chi connectivity index (χ0) is 11.6. The monoisotopic (exact) mass is 220 g/mol. The van der Waals surface area contributed by atoms with Gasteiger partial charge < -0.3 is 9.84 Å². The predicted molar refractivity (Wildman–Crippen MR) is 45.0 cm³/mol. The molecule has 0 aromatic heterocycles. The minimum atomic E-state index is -4.95. The summed E-state index contributed by atoms with van der Waals surface area (Å²) in [6.45, 7) is 0. The maximum atomic E-state index is 12.1. The lowest BCUT2D eigenvalue weighted by Crippen LogP contribution is -2.23. The second kappa shape index (κ2) is 3.80. The van der Waals surface area contributed by atoms with Gasteiger partial charge in [0.05, 0.1) is 12.7 Å². The van der Waals surface area contributed by atoms with Crippen molar-refractivity contribution in [1.82, 2.24) is 0 Å². The molecule has 0 aliphatic carbocycles. The Bertz CT molecular complexity index is 385. The number of halogens is 3. The van der Waals surface area contributed by atoms with Crippen LogP contribution in [0.1, 0.15) is 10.4 Å². The molecule has 0 heterocycles. The first-order valence-corrected chi connectivity index (χ1v) is 3.85. The average Bonchev–Trinajstić information content (AvgIpc) is 2.15. The van der Waals surface area contributed by atoms with Gasteiger partial charge in [-0.05, 0) is 12.1 Å². The molecule has 0 radical (unpaired) electrons. The molecule has 0 aliphatic rings. The van der Waals surface area contributed by atoms with Crippen LogP contribution in [0.25, 0.3) is 0 Å². The molecule has 82 valence electrons. The molecule has 1 aromatic rings. The van der Waals surface area contributed by atoms with Crippen molar-refractivity contribution in [2.45, 2.75) is 6.18 Å². The summed E-state index contributed by atoms with van der Waals surface area (Å²) in [5.41, 5.74) is -0.622. The number of rotatable bonds is 2. The van der Waals surface area contributed by atoms with Crippen LogP contribution in [0.4, 0.5) is 13.2 Å². The predicted octanol–water partition coefficient (Wildman–Crippen LogP) is 2.15. The van der Waals surface area contributed by atoms with Gasteiger partial charge in [-0.25, -0.2) is 0 Å². The Morgan fingerprint density at radius 2 is 2.00 bits per heavy atom. The summed E-state index contributed by atoms with van der Waals surface area (Å²) in [5, 5.41) is 8.98. The maximum absolute atomic E-state index is 12.1. The summed E-state index contributed by atoms with van der Waals surface area (Å²) in [5.74, 6) is -2.58. The van der Waals surface area contributed by atoms with Crippen LogP contribution in [0.15, 0.2) is 18.2 Å². The molecule has 0 saturated heterocycles. The van der Waals surface area contributed by atoms with Gasteiger partial charge >= 0.3 is 6.18 Å². The Labute approximate surface area is 83.1 Å². The number of phenols is 1. The Morgan fingerprint density at radius 1 is 1.40 bits per heavy atom. The molecule has 6 heteroatoms. The fraction of sp³-hybridized carbons (Fsp3) is 0.222. The fourth-order valence-corrected chi connectivity index (χ4v) is 1.02. The highest BCUT2D eigenvalue weighted by Crippen LogP contribution is 2.29. The van der Waals surface area contributed by atoms with Gasteiger partial charge in [0.25, 0.3) is 5.78 Å². The molecule has 0 amide bonds. The van der Waals surface area contributed by atoms with E-state index in [2.05, 4.69) is 4.74 Å². The molecular formula is C9H7F3O3. The summed E-state index contributed by atoms with van der Waals surface area (Å²) >= 11 is 0. The van der Waals surface area contributed by atoms with E-state index in [9.17, 15) is 18.0 Å². The number of Topliss-reactive ketones (excluding diaryl/α,β-unsaturated/α-hetero) is 1. The standard InChI is InChI=1S/C9H7F3O3/c1-15-7-4-5(13)2-3-6(7)8(14)9(10,11)12/h2-4,13H,1H3. The third-order valence-electron chi connectivity index (χ3n) is 1.69. The fourth-order valence-electron chi connectivity index (χ4n) is 1.02. The lowest BCUT2D eigenvalue weighted by atomic mass is 10.1. The van der Waals surface area contributed by atoms with Crippen molar-refractivity contribution in [2.75, 3.05) is 7.11 Å². The molecule has 0 atom stereocenters. The van der Waals surface area contributed by atoms with Gasteiger partial charge in [-0.15, -0.1) is 0 Å². The summed E-state index contributed by atoms with van der Waals surface area (Å²) < 4.78 is 40.8. The van der Waals surface area contributed by atoms with E-state index in [1.54, 1.807) is 0 Å². The minimum absolute atomic E-state index is 0.273. The topological polar surface area (TPSA) is 46.5 Å². The highest BCUT2D eigenvalue weighted by Gasteiger charge is 2.40. The molecule has 1 N–H and O–H groups in total. The first-order valence-electron chi connectivity index (χ1n) is 3.85. The SMILES string of the molecule is COc1cc(O)ccc1C(=O)C(F)(F)F. The number of benzene rings is 1. The molecule has 1 aromatic carbocycles. The van der Waals surface area contributed by atoms with Crippen LogP contribution in [-0.4, -0.2) is 24.2 Å². The number of carbonyl (C=O) groups excluding carboxylic acids is 1. The van der Waals surface area contributed by atoms with E-state index >= 15 is 0 Å². The number of aromatic hydroxyl groups is 1. The molecule has 0 saturated carbocycles. The van der Waals surface area contributed by atoms with Crippen LogP contribution in [0, 0.1) is 0 Å². The van der Waals surface area contributed by atoms with E-state index in [4.69, 9.17) is 5.11 Å². The molecular weight excluding hydrogens is 213 g/mol. The Hall–Kier alpha value is -1.72. The third kappa shape index (κ3) is 2.39. The summed E-state index contributed by atoms with van der Waals surface area (Å²) in [4.78, 5) is 10.9. The Balaban J connectivity index is 3.20. The van der Waals surface area contributed by atoms with Crippen LogP contribution in [0.5, 0.6) is 11.5 Å². The van der Waals surface area contributed by atoms with Crippen molar-refractivity contribution in [3.05, 3.63) is 23.8 Å². The number of methoxy groups -OCH3 is 1. The van der Waals surface area contributed by atoms with Crippen molar-refractivity contribution in [2.24, 2.45) is 0 Å². The summed E-state index contributed by atoms with van der Waals surface area (Å²) in [7, 11) is 1.11. The second-order valence-corrected chi connectivity index (χ2v) is 2.71. The van der Waals surface area contributed by atoms with E-state index < -0.39 is 17.5 Å². The lowest BCUT2D eigenvalue weighted by molar-refractivity contribution is -0.0886. The van der Waals surface area contributed by atoms with Gasteiger partial charge in [-0.1, -0.05) is 0 Å². The van der Waals surface area contributed by atoms with Crippen LogP contribution in [0.2, 0.25) is 0 Å². The highest BCUT2D eigenvalue weighted by molar-refractivity contribution is 6.02. The van der Waals surface area contributed by atoms with Crippen LogP contribution < -0.4 is 4.74 Å². The lowest BCUT2D eigenvalue weighted by Gasteiger charge is -2.09. The van der Waals surface area contributed by atoms with Gasteiger partial charge in [0.2, 0.25) is 0 Å². The molecule has 0 fully saturated rings. The first-order chi connectivity index (χ1) is 6.86. The van der Waals surface area contributed by atoms with Crippen molar-refractivity contribution in [1.29, 1.82) is 0 Å². The number of phenolic OH excluding ortho intramolecular Hbond substituents is 1. The number of hydrogen-bond acceptors (Lipinski definition) is 3. The Morgan fingerprint density at radius 3 is 2.47 bits per heavy atom. The van der Waals surface area contributed by atoms with Gasteiger partial charge in [0.1, 0.15) is 11.5 Å². The van der Waals surface area contributed by atoms with Crippen molar-refractivity contribution >= 4 is 5.78 Å². The first kappa shape index (κ1) is 11.4. The van der Waals surface area contributed by atoms with Gasteiger partial charge in [-0.3, -0.25) is 4.79 Å². The molecule has 3 nitrogen and oxygen atoms in total. The quantitative estimate of drug-likeness (QED) is 0.776. The molecule has 0 bridgehead atoms. The van der Waals surface area contributed by atoms with Crippen molar-refractivity contribution in [3.8, 4) is 11.5 Å². The number of carbonyl (C=O) groups is 1. The van der Waals surface area contributed by atoms with Crippen LogP contribution in [-0.2, 0) is 0 Å². The highest BCUT2D eigenvalue weighted by atomic mass is 19.4. The largest absolute Gasteiger partial charge is 0.508 e. The van der Waals surface area contributed by atoms with E-state index in [1.807, 2.05) is 0 Å². The molecule has 0 spiro atoms. The zero-order valence-electron chi connectivity index (χ0n) is 7.63. The van der Waals surface area contributed by atoms with Gasteiger partial charge in [0.15, 0.2) is 0 Å². The van der Waals surface area contributed by atoms with E-state index in [0.717, 1.165) is 25.3 Å². The summed E-state index contributed by atoms with van der Waals surface area (Å²) in [6, 6.07) is 2.80. The second-order valence-electron chi connectivity index (χ2n) is 2.71. The zero-order valence-corrected chi connectivity index (χ0v) is 7.63. The van der Waals surface area contributed by atoms with Gasteiger partial charge in [-0.2, -0.15) is 13.2 Å². The Kier molecular flexibility index (Phi) is 2.88. The number of ketones is 1. The van der Waals surface area contributed by atoms with Crippen LogP contribution in [0.3, 0.4) is 0 Å². The summed E-state index contributed by atoms with van der Waals surface area (Å²) in [6.07, 6.45) is -4.95. The van der Waals surface area contributed by atoms with E-state index in [1.165, 1.54) is 0 Å². The smallest absolute Gasteiger partial charge is 0.455 e.